The lowest BCUT2D eigenvalue weighted by Gasteiger charge is -2.18. The molecule has 2 aromatic carbocycles. The Labute approximate surface area is 166 Å². The van der Waals surface area contributed by atoms with Crippen LogP contribution in [0.4, 0.5) is 8.78 Å². The third-order valence-electron chi connectivity index (χ3n) is 4.18. The van der Waals surface area contributed by atoms with Gasteiger partial charge in [-0.05, 0) is 55.3 Å². The number of benzene rings is 2. The zero-order chi connectivity index (χ0) is 20.4. The van der Waals surface area contributed by atoms with Crippen molar-refractivity contribution in [3.63, 3.8) is 0 Å². The van der Waals surface area contributed by atoms with Crippen molar-refractivity contribution in [1.82, 2.24) is 20.1 Å². The Morgan fingerprint density at radius 2 is 2.00 bits per heavy atom. The Balaban J connectivity index is 2.12. The molecule has 0 saturated heterocycles. The molecule has 0 saturated carbocycles. The van der Waals surface area contributed by atoms with E-state index in [0.29, 0.717) is 29.1 Å². The summed E-state index contributed by atoms with van der Waals surface area (Å²) in [6.07, 6.45) is 0. The summed E-state index contributed by atoms with van der Waals surface area (Å²) in [5.41, 5.74) is 1.71. The average molecular weight is 405 g/mol. The van der Waals surface area contributed by atoms with Crippen LogP contribution in [0.25, 0.3) is 11.4 Å². The molecule has 0 aliphatic rings. The molecule has 5 nitrogen and oxygen atoms in total. The van der Waals surface area contributed by atoms with Gasteiger partial charge in [0.05, 0.1) is 5.02 Å². The first-order chi connectivity index (χ1) is 13.3. The first kappa shape index (κ1) is 19.9. The van der Waals surface area contributed by atoms with E-state index < -0.39 is 17.7 Å². The molecule has 0 radical (unpaired) electrons. The van der Waals surface area contributed by atoms with Crippen molar-refractivity contribution >= 4 is 17.5 Å². The van der Waals surface area contributed by atoms with Crippen molar-refractivity contribution in [3.05, 3.63) is 70.0 Å². The van der Waals surface area contributed by atoms with Crippen LogP contribution in [-0.4, -0.2) is 20.7 Å². The van der Waals surface area contributed by atoms with Gasteiger partial charge in [0.25, 0.3) is 0 Å². The van der Waals surface area contributed by atoms with E-state index in [-0.39, 0.29) is 16.8 Å². The molecule has 0 spiro atoms. The molecule has 1 N–H and O–H groups in total. The Morgan fingerprint density at radius 1 is 1.25 bits per heavy atom. The maximum absolute atomic E-state index is 14.0. The normalized spacial score (nSPS) is 12.1. The van der Waals surface area contributed by atoms with Crippen molar-refractivity contribution in [2.75, 3.05) is 0 Å². The number of amides is 1. The minimum absolute atomic E-state index is 0.00487. The number of hydrogen-bond acceptors (Lipinski definition) is 3. The first-order valence-corrected chi connectivity index (χ1v) is 9.10. The summed E-state index contributed by atoms with van der Waals surface area (Å²) in [4.78, 5) is 16.3. The fourth-order valence-electron chi connectivity index (χ4n) is 2.99. The summed E-state index contributed by atoms with van der Waals surface area (Å²) in [5, 5.41) is 7.23. The molecule has 1 heterocycles. The number of nitrogens with one attached hydrogen (secondary N) is 1. The van der Waals surface area contributed by atoms with Crippen molar-refractivity contribution < 1.29 is 13.6 Å². The van der Waals surface area contributed by atoms with Gasteiger partial charge in [-0.15, -0.1) is 0 Å². The van der Waals surface area contributed by atoms with E-state index in [9.17, 15) is 13.6 Å². The summed E-state index contributed by atoms with van der Waals surface area (Å²) in [6, 6.07) is 8.13. The molecular weight excluding hydrogens is 386 g/mol. The molecule has 28 heavy (non-hydrogen) atoms. The van der Waals surface area contributed by atoms with Crippen LogP contribution in [0.1, 0.15) is 36.8 Å². The van der Waals surface area contributed by atoms with Crippen LogP contribution < -0.4 is 5.32 Å². The number of halogens is 3. The van der Waals surface area contributed by atoms with Gasteiger partial charge >= 0.3 is 0 Å². The average Bonchev–Trinajstić information content (AvgIpc) is 3.05. The number of hydrogen-bond donors (Lipinski definition) is 1. The molecule has 0 aliphatic carbocycles. The van der Waals surface area contributed by atoms with Crippen molar-refractivity contribution in [2.45, 2.75) is 33.4 Å². The number of rotatable bonds is 5. The highest BCUT2D eigenvalue weighted by atomic mass is 35.5. The maximum atomic E-state index is 14.0. The van der Waals surface area contributed by atoms with E-state index in [4.69, 9.17) is 11.6 Å². The Hall–Kier alpha value is -2.80. The molecule has 0 fully saturated rings. The topological polar surface area (TPSA) is 59.8 Å². The number of aryl methyl sites for hydroxylation is 2. The minimum Gasteiger partial charge on any atom is -0.342 e. The van der Waals surface area contributed by atoms with E-state index in [1.807, 2.05) is 6.92 Å². The molecule has 146 valence electrons. The van der Waals surface area contributed by atoms with Gasteiger partial charge in [-0.1, -0.05) is 17.7 Å². The lowest BCUT2D eigenvalue weighted by Crippen LogP contribution is -2.29. The molecule has 3 aromatic rings. The van der Waals surface area contributed by atoms with Crippen LogP contribution in [0.2, 0.25) is 5.02 Å². The number of aromatic nitrogens is 3. The van der Waals surface area contributed by atoms with Crippen LogP contribution in [0.5, 0.6) is 0 Å². The SMILES string of the molecule is CCn1nc(-c2ccc(Cl)c(F)c2)nc1C(NC(C)=O)c1cc(C)cc(F)c1. The predicted molar refractivity (Wildman–Crippen MR) is 103 cm³/mol. The second-order valence-electron chi connectivity index (χ2n) is 6.43. The number of carbonyl (C=O) groups is 1. The largest absolute Gasteiger partial charge is 0.342 e. The Kier molecular flexibility index (Phi) is 5.74. The second kappa shape index (κ2) is 8.06. The van der Waals surface area contributed by atoms with Gasteiger partial charge in [0.1, 0.15) is 17.7 Å². The van der Waals surface area contributed by atoms with Gasteiger partial charge in [0.15, 0.2) is 11.6 Å². The van der Waals surface area contributed by atoms with Crippen molar-refractivity contribution in [2.24, 2.45) is 0 Å². The third kappa shape index (κ3) is 4.20. The quantitative estimate of drug-likeness (QED) is 0.684. The van der Waals surface area contributed by atoms with Gasteiger partial charge in [-0.25, -0.2) is 18.4 Å². The molecule has 3 rings (SSSR count). The summed E-state index contributed by atoms with van der Waals surface area (Å²) in [6.45, 7) is 5.47. The van der Waals surface area contributed by atoms with E-state index >= 15 is 0 Å². The van der Waals surface area contributed by atoms with Crippen LogP contribution in [0.15, 0.2) is 36.4 Å². The van der Waals surface area contributed by atoms with Gasteiger partial charge in [0.2, 0.25) is 5.91 Å². The number of carbonyl (C=O) groups excluding carboxylic acids is 1. The second-order valence-corrected chi connectivity index (χ2v) is 6.84. The fraction of sp³-hybridized carbons (Fsp3) is 0.250. The summed E-state index contributed by atoms with van der Waals surface area (Å²) >= 11 is 5.75. The van der Waals surface area contributed by atoms with E-state index in [1.54, 1.807) is 23.7 Å². The van der Waals surface area contributed by atoms with E-state index in [2.05, 4.69) is 15.4 Å². The fourth-order valence-corrected chi connectivity index (χ4v) is 3.11. The summed E-state index contributed by atoms with van der Waals surface area (Å²) in [7, 11) is 0. The van der Waals surface area contributed by atoms with Gasteiger partial charge in [-0.3, -0.25) is 4.79 Å². The zero-order valence-electron chi connectivity index (χ0n) is 15.6. The third-order valence-corrected chi connectivity index (χ3v) is 4.49. The molecule has 8 heteroatoms. The van der Waals surface area contributed by atoms with Gasteiger partial charge in [-0.2, -0.15) is 5.10 Å². The van der Waals surface area contributed by atoms with Gasteiger partial charge < -0.3 is 5.32 Å². The standard InChI is InChI=1S/C20H19ClF2N4O/c1-4-27-20(25-19(26-27)13-5-6-16(21)17(23)10-13)18(24-12(3)28)14-7-11(2)8-15(22)9-14/h5-10,18H,4H2,1-3H3,(H,24,28). The highest BCUT2D eigenvalue weighted by Gasteiger charge is 2.24. The molecule has 0 aliphatic heterocycles. The first-order valence-electron chi connectivity index (χ1n) is 8.72. The smallest absolute Gasteiger partial charge is 0.217 e. The lowest BCUT2D eigenvalue weighted by molar-refractivity contribution is -0.119. The number of nitrogens with zero attached hydrogens (tertiary/aromatic N) is 3. The van der Waals surface area contributed by atoms with Crippen LogP contribution in [0.3, 0.4) is 0 Å². The highest BCUT2D eigenvalue weighted by molar-refractivity contribution is 6.30. The predicted octanol–water partition coefficient (Wildman–Crippen LogP) is 4.43. The Bertz CT molecular complexity index is 1010. The molecule has 1 unspecified atom stereocenters. The molecular formula is C20H19ClF2N4O. The van der Waals surface area contributed by atoms with Crippen LogP contribution >= 0.6 is 11.6 Å². The minimum atomic E-state index is -0.703. The van der Waals surface area contributed by atoms with Crippen molar-refractivity contribution in [1.29, 1.82) is 0 Å². The molecule has 0 bridgehead atoms. The van der Waals surface area contributed by atoms with E-state index in [1.165, 1.54) is 31.2 Å². The summed E-state index contributed by atoms with van der Waals surface area (Å²) in [5.74, 6) is -0.568. The molecule has 1 amide bonds. The summed E-state index contributed by atoms with van der Waals surface area (Å²) < 4.78 is 29.4. The zero-order valence-corrected chi connectivity index (χ0v) is 16.4. The Morgan fingerprint density at radius 3 is 2.61 bits per heavy atom. The van der Waals surface area contributed by atoms with E-state index in [0.717, 1.165) is 0 Å². The van der Waals surface area contributed by atoms with Crippen molar-refractivity contribution in [3.8, 4) is 11.4 Å². The monoisotopic (exact) mass is 404 g/mol. The lowest BCUT2D eigenvalue weighted by atomic mass is 10.0. The maximum Gasteiger partial charge on any atom is 0.217 e. The van der Waals surface area contributed by atoms with Gasteiger partial charge in [0, 0.05) is 19.0 Å². The highest BCUT2D eigenvalue weighted by Crippen LogP contribution is 2.27. The van der Waals surface area contributed by atoms with Crippen LogP contribution in [-0.2, 0) is 11.3 Å². The van der Waals surface area contributed by atoms with Crippen LogP contribution in [0, 0.1) is 18.6 Å². The molecule has 1 atom stereocenters. The molecule has 1 aromatic heterocycles.